The Morgan fingerprint density at radius 1 is 0.861 bits per heavy atom. The SMILES string of the molecule is C=CCCc1ccc(OC(=O)c2ccc3c(c2F)C(F)C(F)c2c-3ccc(OCC)c2F)c(F)c1F. The summed E-state index contributed by atoms with van der Waals surface area (Å²) in [4.78, 5) is 12.6. The fourth-order valence-corrected chi connectivity index (χ4v) is 4.15. The number of rotatable bonds is 7. The smallest absolute Gasteiger partial charge is 0.346 e. The number of carbonyl (C=O) groups excluding carboxylic acids is 1. The van der Waals surface area contributed by atoms with Gasteiger partial charge in [-0.05, 0) is 54.7 Å². The first-order valence-electron chi connectivity index (χ1n) is 11.1. The molecule has 4 rings (SSSR count). The average Bonchev–Trinajstić information content (AvgIpc) is 2.86. The Morgan fingerprint density at radius 3 is 2.11 bits per heavy atom. The molecule has 0 saturated heterocycles. The molecule has 0 bridgehead atoms. The molecule has 0 radical (unpaired) electrons. The van der Waals surface area contributed by atoms with Crippen LogP contribution >= 0.6 is 0 Å². The molecule has 3 aromatic carbocycles. The van der Waals surface area contributed by atoms with Crippen molar-refractivity contribution >= 4 is 5.97 Å². The third-order valence-electron chi connectivity index (χ3n) is 5.89. The van der Waals surface area contributed by atoms with Crippen LogP contribution in [0.15, 0.2) is 49.1 Å². The Labute approximate surface area is 203 Å². The second-order valence-corrected chi connectivity index (χ2v) is 8.03. The summed E-state index contributed by atoms with van der Waals surface area (Å²) in [6.45, 7) is 5.18. The molecule has 3 aromatic rings. The average molecular weight is 506 g/mol. The third-order valence-corrected chi connectivity index (χ3v) is 5.89. The van der Waals surface area contributed by atoms with E-state index in [1.807, 2.05) is 0 Å². The molecular formula is C27H20F6O3. The van der Waals surface area contributed by atoms with Crippen molar-refractivity contribution in [3.8, 4) is 22.6 Å². The lowest BCUT2D eigenvalue weighted by Crippen LogP contribution is -2.19. The normalized spacial score (nSPS) is 16.2. The molecule has 0 aromatic heterocycles. The van der Waals surface area contributed by atoms with Crippen molar-refractivity contribution < 1.29 is 40.6 Å². The minimum absolute atomic E-state index is 0.0276. The molecule has 0 heterocycles. The van der Waals surface area contributed by atoms with Crippen LogP contribution in [0.5, 0.6) is 11.5 Å². The Hall–Kier alpha value is -3.75. The molecule has 0 N–H and O–H groups in total. The second-order valence-electron chi connectivity index (χ2n) is 8.03. The van der Waals surface area contributed by atoms with Crippen LogP contribution in [0.1, 0.15) is 52.7 Å². The molecule has 3 nitrogen and oxygen atoms in total. The van der Waals surface area contributed by atoms with E-state index in [0.29, 0.717) is 6.42 Å². The number of allylic oxidation sites excluding steroid dienone is 1. The standard InChI is InChI=1S/C27H20F6O3/c1-3-5-6-13-7-11-18(24(31)21(13)28)36-27(34)16-9-8-14-15-10-12-17(35-4-2)23(30)20(15)26(33)25(32)19(14)22(16)29/h3,7-12,25-26H,1,4-6H2,2H3. The van der Waals surface area contributed by atoms with E-state index in [1.54, 1.807) is 6.92 Å². The van der Waals surface area contributed by atoms with E-state index < -0.39 is 64.0 Å². The van der Waals surface area contributed by atoms with E-state index in [0.717, 1.165) is 18.2 Å². The fraction of sp³-hybridized carbons (Fsp3) is 0.222. The van der Waals surface area contributed by atoms with Gasteiger partial charge >= 0.3 is 5.97 Å². The highest BCUT2D eigenvalue weighted by molar-refractivity contribution is 5.93. The van der Waals surface area contributed by atoms with Crippen molar-refractivity contribution in [1.82, 2.24) is 0 Å². The maximum absolute atomic E-state index is 15.3. The molecule has 1 aliphatic carbocycles. The minimum Gasteiger partial charge on any atom is -0.491 e. The molecular weight excluding hydrogens is 486 g/mol. The molecule has 188 valence electrons. The topological polar surface area (TPSA) is 35.5 Å². The van der Waals surface area contributed by atoms with Crippen molar-refractivity contribution in [2.45, 2.75) is 32.1 Å². The van der Waals surface area contributed by atoms with Gasteiger partial charge in [-0.1, -0.05) is 24.3 Å². The first-order chi connectivity index (χ1) is 17.2. The van der Waals surface area contributed by atoms with Crippen molar-refractivity contribution in [2.75, 3.05) is 6.61 Å². The maximum Gasteiger partial charge on any atom is 0.346 e. The Morgan fingerprint density at radius 2 is 1.47 bits per heavy atom. The second kappa shape index (κ2) is 10.1. The van der Waals surface area contributed by atoms with Gasteiger partial charge in [0.25, 0.3) is 0 Å². The number of ether oxygens (including phenoxy) is 2. The van der Waals surface area contributed by atoms with Crippen LogP contribution in [0.25, 0.3) is 11.1 Å². The number of aryl methyl sites for hydroxylation is 1. The number of hydrogen-bond acceptors (Lipinski definition) is 3. The van der Waals surface area contributed by atoms with Gasteiger partial charge in [-0.3, -0.25) is 0 Å². The van der Waals surface area contributed by atoms with E-state index >= 15 is 8.78 Å². The van der Waals surface area contributed by atoms with Gasteiger partial charge < -0.3 is 9.47 Å². The molecule has 36 heavy (non-hydrogen) atoms. The van der Waals surface area contributed by atoms with Gasteiger partial charge in [0.15, 0.2) is 35.5 Å². The van der Waals surface area contributed by atoms with Crippen molar-refractivity contribution in [3.63, 3.8) is 0 Å². The quantitative estimate of drug-likeness (QED) is 0.143. The Balaban J connectivity index is 1.71. The van der Waals surface area contributed by atoms with Gasteiger partial charge in [0, 0.05) is 11.1 Å². The van der Waals surface area contributed by atoms with E-state index in [9.17, 15) is 22.4 Å². The van der Waals surface area contributed by atoms with Gasteiger partial charge in [-0.25, -0.2) is 26.7 Å². The van der Waals surface area contributed by atoms with Crippen LogP contribution in [0.3, 0.4) is 0 Å². The number of alkyl halides is 2. The number of esters is 1. The highest BCUT2D eigenvalue weighted by Crippen LogP contribution is 2.51. The van der Waals surface area contributed by atoms with Crippen LogP contribution in [0.2, 0.25) is 0 Å². The molecule has 2 unspecified atom stereocenters. The molecule has 0 amide bonds. The maximum atomic E-state index is 15.3. The molecule has 0 aliphatic heterocycles. The molecule has 1 aliphatic rings. The number of benzene rings is 3. The van der Waals surface area contributed by atoms with Crippen molar-refractivity contribution in [1.29, 1.82) is 0 Å². The first kappa shape index (κ1) is 25.3. The molecule has 0 spiro atoms. The predicted octanol–water partition coefficient (Wildman–Crippen LogP) is 7.68. The van der Waals surface area contributed by atoms with Gasteiger partial charge in [-0.15, -0.1) is 6.58 Å². The molecule has 0 fully saturated rings. The van der Waals surface area contributed by atoms with E-state index in [-0.39, 0.29) is 35.5 Å². The number of halogens is 6. The summed E-state index contributed by atoms with van der Waals surface area (Å²) in [7, 11) is 0. The monoisotopic (exact) mass is 506 g/mol. The highest BCUT2D eigenvalue weighted by Gasteiger charge is 2.40. The summed E-state index contributed by atoms with van der Waals surface area (Å²) in [5, 5.41) is 0. The number of carbonyl (C=O) groups is 1. The summed E-state index contributed by atoms with van der Waals surface area (Å²) in [5.41, 5.74) is -2.49. The zero-order valence-electron chi connectivity index (χ0n) is 19.0. The lowest BCUT2D eigenvalue weighted by Gasteiger charge is -2.28. The van der Waals surface area contributed by atoms with E-state index in [4.69, 9.17) is 9.47 Å². The highest BCUT2D eigenvalue weighted by atomic mass is 19.2. The zero-order chi connectivity index (χ0) is 26.1. The van der Waals surface area contributed by atoms with Crippen LogP contribution in [0, 0.1) is 23.3 Å². The molecule has 9 heteroatoms. The van der Waals surface area contributed by atoms with Gasteiger partial charge in [0.1, 0.15) is 5.82 Å². The van der Waals surface area contributed by atoms with Gasteiger partial charge in [0.2, 0.25) is 5.82 Å². The fourth-order valence-electron chi connectivity index (χ4n) is 4.15. The molecule has 0 saturated carbocycles. The van der Waals surface area contributed by atoms with Crippen LogP contribution in [-0.4, -0.2) is 12.6 Å². The summed E-state index contributed by atoms with van der Waals surface area (Å²) < 4.78 is 98.7. The molecule has 2 atom stereocenters. The zero-order valence-corrected chi connectivity index (χ0v) is 19.0. The predicted molar refractivity (Wildman–Crippen MR) is 120 cm³/mol. The lowest BCUT2D eigenvalue weighted by atomic mass is 9.81. The van der Waals surface area contributed by atoms with Crippen LogP contribution in [-0.2, 0) is 6.42 Å². The van der Waals surface area contributed by atoms with Crippen molar-refractivity contribution in [2.24, 2.45) is 0 Å². The van der Waals surface area contributed by atoms with E-state index in [1.165, 1.54) is 24.3 Å². The first-order valence-corrected chi connectivity index (χ1v) is 11.1. The van der Waals surface area contributed by atoms with Crippen LogP contribution < -0.4 is 9.47 Å². The largest absolute Gasteiger partial charge is 0.491 e. The summed E-state index contributed by atoms with van der Waals surface area (Å²) in [6.07, 6.45) is -3.16. The number of fused-ring (bicyclic) bond motifs is 3. The summed E-state index contributed by atoms with van der Waals surface area (Å²) in [5.74, 6) is -7.76. The number of hydrogen-bond donors (Lipinski definition) is 0. The Bertz CT molecular complexity index is 1350. The lowest BCUT2D eigenvalue weighted by molar-refractivity contribution is 0.0720. The third kappa shape index (κ3) is 4.23. The van der Waals surface area contributed by atoms with Gasteiger partial charge in [0.05, 0.1) is 12.2 Å². The van der Waals surface area contributed by atoms with Crippen LogP contribution in [0.4, 0.5) is 26.3 Å². The minimum atomic E-state index is -2.65. The van der Waals surface area contributed by atoms with E-state index in [2.05, 4.69) is 6.58 Å². The van der Waals surface area contributed by atoms with Crippen molar-refractivity contribution in [3.05, 3.63) is 94.6 Å². The summed E-state index contributed by atoms with van der Waals surface area (Å²) in [6, 6.07) is 6.73. The Kier molecular flexibility index (Phi) is 7.10. The van der Waals surface area contributed by atoms with Gasteiger partial charge in [-0.2, -0.15) is 4.39 Å². The summed E-state index contributed by atoms with van der Waals surface area (Å²) >= 11 is 0.